The van der Waals surface area contributed by atoms with Crippen LogP contribution >= 0.6 is 15.9 Å². The normalized spacial score (nSPS) is 25.9. The van der Waals surface area contributed by atoms with Crippen LogP contribution in [0.25, 0.3) is 0 Å². The molecule has 1 saturated carbocycles. The van der Waals surface area contributed by atoms with Crippen LogP contribution in [-0.2, 0) is 6.42 Å². The zero-order valence-corrected chi connectivity index (χ0v) is 9.43. The topological polar surface area (TPSA) is 26.0 Å². The summed E-state index contributed by atoms with van der Waals surface area (Å²) in [6.45, 7) is 0. The molecule has 14 heavy (non-hydrogen) atoms. The molecule has 1 aromatic carbocycles. The van der Waals surface area contributed by atoms with Crippen LogP contribution < -0.4 is 5.73 Å². The molecule has 76 valence electrons. The van der Waals surface area contributed by atoms with Gasteiger partial charge in [-0.3, -0.25) is 0 Å². The molecule has 2 unspecified atom stereocenters. The number of nitrogens with two attached hydrogens (primary N) is 1. The molecule has 1 aromatic rings. The summed E-state index contributed by atoms with van der Waals surface area (Å²) in [5, 5.41) is 0. The Morgan fingerprint density at radius 2 is 2.14 bits per heavy atom. The Morgan fingerprint density at radius 1 is 1.36 bits per heavy atom. The second-order valence-electron chi connectivity index (χ2n) is 3.98. The van der Waals surface area contributed by atoms with E-state index in [2.05, 4.69) is 15.9 Å². The monoisotopic (exact) mass is 257 g/mol. The van der Waals surface area contributed by atoms with Crippen molar-refractivity contribution in [2.24, 2.45) is 11.7 Å². The van der Waals surface area contributed by atoms with Gasteiger partial charge in [-0.05, 0) is 48.9 Å². The molecule has 3 heteroatoms. The number of hydrogen-bond acceptors (Lipinski definition) is 1. The fourth-order valence-electron chi connectivity index (χ4n) is 1.88. The minimum Gasteiger partial charge on any atom is -0.327 e. The highest BCUT2D eigenvalue weighted by molar-refractivity contribution is 9.10. The Hall–Kier alpha value is -0.410. The predicted molar refractivity (Wildman–Crippen MR) is 58.5 cm³/mol. The molecule has 0 aromatic heterocycles. The average Bonchev–Trinajstić information content (AvgIpc) is 2.10. The van der Waals surface area contributed by atoms with Gasteiger partial charge < -0.3 is 5.73 Å². The van der Waals surface area contributed by atoms with Gasteiger partial charge in [0.1, 0.15) is 5.82 Å². The lowest BCUT2D eigenvalue weighted by atomic mass is 9.76. The Labute approximate surface area is 91.6 Å². The van der Waals surface area contributed by atoms with Crippen molar-refractivity contribution in [1.82, 2.24) is 0 Å². The molecule has 0 spiro atoms. The first kappa shape index (κ1) is 10.1. The van der Waals surface area contributed by atoms with Crippen molar-refractivity contribution in [2.45, 2.75) is 25.3 Å². The van der Waals surface area contributed by atoms with Gasteiger partial charge in [-0.15, -0.1) is 0 Å². The number of rotatable bonds is 2. The molecule has 0 saturated heterocycles. The molecule has 0 aliphatic heterocycles. The van der Waals surface area contributed by atoms with E-state index in [1.165, 1.54) is 12.5 Å². The first-order valence-corrected chi connectivity index (χ1v) is 5.65. The molecule has 1 aliphatic carbocycles. The van der Waals surface area contributed by atoms with Crippen LogP contribution in [0.1, 0.15) is 18.4 Å². The van der Waals surface area contributed by atoms with E-state index in [0.29, 0.717) is 12.0 Å². The van der Waals surface area contributed by atoms with E-state index in [1.54, 1.807) is 6.07 Å². The summed E-state index contributed by atoms with van der Waals surface area (Å²) >= 11 is 3.29. The SMILES string of the molecule is NC1CCC1Cc1cc(F)cc(Br)c1. The van der Waals surface area contributed by atoms with Gasteiger partial charge in [0.05, 0.1) is 0 Å². The van der Waals surface area contributed by atoms with Gasteiger partial charge in [-0.2, -0.15) is 0 Å². The van der Waals surface area contributed by atoms with Crippen LogP contribution in [0.15, 0.2) is 22.7 Å². The Morgan fingerprint density at radius 3 is 2.64 bits per heavy atom. The molecule has 1 aliphatic rings. The van der Waals surface area contributed by atoms with E-state index in [1.807, 2.05) is 6.07 Å². The molecule has 2 atom stereocenters. The third kappa shape index (κ3) is 2.15. The molecule has 0 heterocycles. The number of benzene rings is 1. The molecule has 0 radical (unpaired) electrons. The summed E-state index contributed by atoms with van der Waals surface area (Å²) in [7, 11) is 0. The quantitative estimate of drug-likeness (QED) is 0.867. The van der Waals surface area contributed by atoms with E-state index in [-0.39, 0.29) is 5.82 Å². The van der Waals surface area contributed by atoms with Crippen LogP contribution in [0, 0.1) is 11.7 Å². The maximum absolute atomic E-state index is 13.0. The zero-order chi connectivity index (χ0) is 10.1. The lowest BCUT2D eigenvalue weighted by molar-refractivity contribution is 0.255. The van der Waals surface area contributed by atoms with E-state index < -0.39 is 0 Å². The molecule has 1 nitrogen and oxygen atoms in total. The van der Waals surface area contributed by atoms with Crippen LogP contribution in [0.4, 0.5) is 4.39 Å². The maximum atomic E-state index is 13.0. The summed E-state index contributed by atoms with van der Waals surface area (Å²) in [6, 6.07) is 5.35. The first-order valence-electron chi connectivity index (χ1n) is 4.85. The second-order valence-corrected chi connectivity index (χ2v) is 4.90. The standard InChI is InChI=1S/C11H13BrFN/c12-9-4-7(5-10(13)6-9)3-8-1-2-11(8)14/h4-6,8,11H,1-3,14H2. The molecular weight excluding hydrogens is 245 g/mol. The van der Waals surface area contributed by atoms with E-state index in [4.69, 9.17) is 5.73 Å². The minimum atomic E-state index is -0.178. The molecule has 0 amide bonds. The molecule has 2 N–H and O–H groups in total. The van der Waals surface area contributed by atoms with Crippen molar-refractivity contribution in [1.29, 1.82) is 0 Å². The fourth-order valence-corrected chi connectivity index (χ4v) is 2.39. The van der Waals surface area contributed by atoms with Gasteiger partial charge >= 0.3 is 0 Å². The van der Waals surface area contributed by atoms with E-state index in [9.17, 15) is 4.39 Å². The van der Waals surface area contributed by atoms with Crippen molar-refractivity contribution in [2.75, 3.05) is 0 Å². The highest BCUT2D eigenvalue weighted by Crippen LogP contribution is 2.29. The Bertz CT molecular complexity index is 320. The van der Waals surface area contributed by atoms with Crippen LogP contribution in [0.3, 0.4) is 0 Å². The van der Waals surface area contributed by atoms with Gasteiger partial charge in [0.2, 0.25) is 0 Å². The highest BCUT2D eigenvalue weighted by atomic mass is 79.9. The Kier molecular flexibility index (Phi) is 2.88. The molecule has 2 rings (SSSR count). The predicted octanol–water partition coefficient (Wildman–Crippen LogP) is 2.87. The van der Waals surface area contributed by atoms with Gasteiger partial charge in [0, 0.05) is 10.5 Å². The highest BCUT2D eigenvalue weighted by Gasteiger charge is 2.27. The van der Waals surface area contributed by atoms with Crippen molar-refractivity contribution in [3.63, 3.8) is 0 Å². The maximum Gasteiger partial charge on any atom is 0.124 e. The van der Waals surface area contributed by atoms with Gasteiger partial charge in [0.25, 0.3) is 0 Å². The van der Waals surface area contributed by atoms with Crippen molar-refractivity contribution in [3.8, 4) is 0 Å². The largest absolute Gasteiger partial charge is 0.327 e. The summed E-state index contributed by atoms with van der Waals surface area (Å²) < 4.78 is 13.8. The fraction of sp³-hybridized carbons (Fsp3) is 0.455. The number of hydrogen-bond donors (Lipinski definition) is 1. The lowest BCUT2D eigenvalue weighted by Crippen LogP contribution is -2.40. The van der Waals surface area contributed by atoms with Gasteiger partial charge in [-0.1, -0.05) is 15.9 Å². The van der Waals surface area contributed by atoms with Crippen LogP contribution in [-0.4, -0.2) is 6.04 Å². The van der Waals surface area contributed by atoms with Crippen LogP contribution in [0.5, 0.6) is 0 Å². The number of halogens is 2. The third-order valence-corrected chi connectivity index (χ3v) is 3.35. The van der Waals surface area contributed by atoms with Gasteiger partial charge in [-0.25, -0.2) is 4.39 Å². The third-order valence-electron chi connectivity index (χ3n) is 2.90. The summed E-state index contributed by atoms with van der Waals surface area (Å²) in [5.74, 6) is 0.367. The second kappa shape index (κ2) is 3.99. The summed E-state index contributed by atoms with van der Waals surface area (Å²) in [5.41, 5.74) is 6.88. The summed E-state index contributed by atoms with van der Waals surface area (Å²) in [4.78, 5) is 0. The molecule has 1 fully saturated rings. The minimum absolute atomic E-state index is 0.178. The lowest BCUT2D eigenvalue weighted by Gasteiger charge is -2.33. The summed E-state index contributed by atoms with van der Waals surface area (Å²) in [6.07, 6.45) is 3.19. The zero-order valence-electron chi connectivity index (χ0n) is 7.84. The van der Waals surface area contributed by atoms with Crippen molar-refractivity contribution < 1.29 is 4.39 Å². The van der Waals surface area contributed by atoms with Gasteiger partial charge in [0.15, 0.2) is 0 Å². The van der Waals surface area contributed by atoms with Crippen molar-refractivity contribution in [3.05, 3.63) is 34.1 Å². The van der Waals surface area contributed by atoms with E-state index >= 15 is 0 Å². The van der Waals surface area contributed by atoms with E-state index in [0.717, 1.165) is 22.9 Å². The molecular formula is C11H13BrFN. The molecule has 0 bridgehead atoms. The smallest absolute Gasteiger partial charge is 0.124 e. The average molecular weight is 258 g/mol. The van der Waals surface area contributed by atoms with Crippen molar-refractivity contribution >= 4 is 15.9 Å². The Balaban J connectivity index is 2.08. The van der Waals surface area contributed by atoms with Crippen LogP contribution in [0.2, 0.25) is 0 Å². The first-order chi connectivity index (χ1) is 6.65.